The van der Waals surface area contributed by atoms with Crippen molar-refractivity contribution in [1.82, 2.24) is 4.57 Å². The van der Waals surface area contributed by atoms with E-state index in [2.05, 4.69) is 35.9 Å². The molecule has 1 aromatic heterocycles. The zero-order valence-corrected chi connectivity index (χ0v) is 23.6. The molecule has 7 nitrogen and oxygen atoms in total. The van der Waals surface area contributed by atoms with Gasteiger partial charge in [-0.05, 0) is 55.2 Å². The first-order valence-corrected chi connectivity index (χ1v) is 14.5. The average Bonchev–Trinajstić information content (AvgIpc) is 3.28. The number of aromatic nitrogens is 1. The summed E-state index contributed by atoms with van der Waals surface area (Å²) < 4.78 is 2.26. The van der Waals surface area contributed by atoms with Gasteiger partial charge in [0.2, 0.25) is 0 Å². The third kappa shape index (κ3) is 8.68. The van der Waals surface area contributed by atoms with Crippen LogP contribution in [0.3, 0.4) is 0 Å². The maximum atomic E-state index is 14.1. The summed E-state index contributed by atoms with van der Waals surface area (Å²) in [4.78, 5) is 25.1. The third-order valence-corrected chi connectivity index (χ3v) is 7.84. The quantitative estimate of drug-likeness (QED) is 0.205. The SMILES string of the molecule is CC(C)c1c(C(=O)Nc2ccccc2)c(-c2ccccc2)c(C2CCCCC2)n1CC[C@@H](O)C[C@@H](O)CC(=O)O.[CaH2]. The fourth-order valence-corrected chi connectivity index (χ4v) is 6.13. The van der Waals surface area contributed by atoms with Crippen LogP contribution in [0.4, 0.5) is 5.69 Å². The van der Waals surface area contributed by atoms with Crippen LogP contribution in [0.2, 0.25) is 0 Å². The van der Waals surface area contributed by atoms with Crippen LogP contribution in [0.15, 0.2) is 60.7 Å². The normalized spacial score (nSPS) is 15.2. The summed E-state index contributed by atoms with van der Waals surface area (Å²) >= 11 is 0. The molecule has 1 heterocycles. The van der Waals surface area contributed by atoms with Gasteiger partial charge in [0.25, 0.3) is 5.91 Å². The molecule has 1 aliphatic rings. The van der Waals surface area contributed by atoms with E-state index in [4.69, 9.17) is 5.11 Å². The molecule has 2 atom stereocenters. The van der Waals surface area contributed by atoms with Crippen LogP contribution >= 0.6 is 0 Å². The fraction of sp³-hybridized carbons (Fsp3) is 0.455. The zero-order chi connectivity index (χ0) is 28.6. The van der Waals surface area contributed by atoms with Gasteiger partial charge in [0, 0.05) is 29.2 Å². The number of carbonyl (C=O) groups is 2. The van der Waals surface area contributed by atoms with Crippen LogP contribution in [0, 0.1) is 0 Å². The Hall–Kier alpha value is -2.16. The van der Waals surface area contributed by atoms with E-state index in [0.29, 0.717) is 18.5 Å². The molecule has 1 aliphatic carbocycles. The van der Waals surface area contributed by atoms with Gasteiger partial charge < -0.3 is 25.2 Å². The zero-order valence-electron chi connectivity index (χ0n) is 23.6. The van der Waals surface area contributed by atoms with E-state index in [1.165, 1.54) is 6.42 Å². The van der Waals surface area contributed by atoms with Crippen LogP contribution in [-0.2, 0) is 11.3 Å². The molecule has 41 heavy (non-hydrogen) atoms. The fourth-order valence-electron chi connectivity index (χ4n) is 6.13. The first kappa shape index (κ1) is 33.3. The van der Waals surface area contributed by atoms with Crippen molar-refractivity contribution in [3.8, 4) is 11.1 Å². The molecule has 2 aromatic carbocycles. The van der Waals surface area contributed by atoms with Crippen molar-refractivity contribution >= 4 is 55.3 Å². The number of hydrogen-bond acceptors (Lipinski definition) is 4. The number of carbonyl (C=O) groups excluding carboxylic acids is 1. The van der Waals surface area contributed by atoms with Crippen LogP contribution in [0.25, 0.3) is 11.1 Å². The molecule has 0 spiro atoms. The second kappa shape index (κ2) is 15.9. The molecular weight excluding hydrogens is 544 g/mol. The third-order valence-electron chi connectivity index (χ3n) is 7.84. The van der Waals surface area contributed by atoms with Crippen molar-refractivity contribution in [2.75, 3.05) is 5.32 Å². The van der Waals surface area contributed by atoms with Crippen LogP contribution in [0.5, 0.6) is 0 Å². The molecule has 0 aliphatic heterocycles. The number of para-hydroxylation sites is 1. The molecule has 1 amide bonds. The number of hydrogen-bond donors (Lipinski definition) is 4. The van der Waals surface area contributed by atoms with Crippen molar-refractivity contribution in [2.45, 2.75) is 95.8 Å². The van der Waals surface area contributed by atoms with E-state index in [1.54, 1.807) is 0 Å². The Balaban J connectivity index is 0.00000462. The summed E-state index contributed by atoms with van der Waals surface area (Å²) in [6.45, 7) is 4.66. The number of benzene rings is 2. The van der Waals surface area contributed by atoms with Gasteiger partial charge in [-0.1, -0.05) is 81.6 Å². The van der Waals surface area contributed by atoms with E-state index in [1.807, 2.05) is 48.5 Å². The second-order valence-corrected chi connectivity index (χ2v) is 11.3. The monoisotopic (exact) mass is 588 g/mol. The number of carboxylic acid groups (broad SMARTS) is 1. The van der Waals surface area contributed by atoms with Gasteiger partial charge in [-0.2, -0.15) is 0 Å². The molecule has 0 radical (unpaired) electrons. The van der Waals surface area contributed by atoms with Crippen LogP contribution in [-0.4, -0.2) is 81.7 Å². The number of aliphatic carboxylic acids is 1. The van der Waals surface area contributed by atoms with Gasteiger partial charge in [0.1, 0.15) is 0 Å². The molecule has 0 saturated heterocycles. The number of nitrogens with one attached hydrogen (secondary N) is 1. The van der Waals surface area contributed by atoms with Gasteiger partial charge in [-0.15, -0.1) is 0 Å². The Morgan fingerprint density at radius 1 is 0.927 bits per heavy atom. The number of nitrogens with zero attached hydrogens (tertiary/aromatic N) is 1. The number of carboxylic acids is 1. The van der Waals surface area contributed by atoms with E-state index in [9.17, 15) is 19.8 Å². The predicted octanol–water partition coefficient (Wildman–Crippen LogP) is 5.64. The van der Waals surface area contributed by atoms with Gasteiger partial charge in [-0.25, -0.2) is 0 Å². The van der Waals surface area contributed by atoms with Gasteiger partial charge in [0.15, 0.2) is 0 Å². The van der Waals surface area contributed by atoms with Gasteiger partial charge in [0.05, 0.1) is 24.2 Å². The molecule has 8 heteroatoms. The molecule has 4 N–H and O–H groups in total. The second-order valence-electron chi connectivity index (χ2n) is 11.3. The van der Waals surface area contributed by atoms with Crippen molar-refractivity contribution in [1.29, 1.82) is 0 Å². The summed E-state index contributed by atoms with van der Waals surface area (Å²) in [6.07, 6.45) is 3.54. The first-order valence-electron chi connectivity index (χ1n) is 14.5. The summed E-state index contributed by atoms with van der Waals surface area (Å²) in [5.74, 6) is -0.920. The van der Waals surface area contributed by atoms with Crippen LogP contribution in [0.1, 0.15) is 98.8 Å². The van der Waals surface area contributed by atoms with Crippen molar-refractivity contribution in [3.63, 3.8) is 0 Å². The Morgan fingerprint density at radius 2 is 1.54 bits per heavy atom. The Labute approximate surface area is 273 Å². The maximum absolute atomic E-state index is 14.1. The van der Waals surface area contributed by atoms with Crippen molar-refractivity contribution < 1.29 is 24.9 Å². The number of amides is 1. The summed E-state index contributed by atoms with van der Waals surface area (Å²) in [5.41, 5.74) is 5.45. The number of rotatable bonds is 12. The Bertz CT molecular complexity index is 1270. The van der Waals surface area contributed by atoms with E-state index < -0.39 is 24.6 Å². The molecule has 0 unspecified atom stereocenters. The van der Waals surface area contributed by atoms with Crippen molar-refractivity contribution in [2.24, 2.45) is 0 Å². The van der Waals surface area contributed by atoms with Crippen LogP contribution < -0.4 is 5.32 Å². The summed E-state index contributed by atoms with van der Waals surface area (Å²) in [6, 6.07) is 19.6. The predicted molar refractivity (Wildman–Crippen MR) is 166 cm³/mol. The number of anilines is 1. The Morgan fingerprint density at radius 3 is 2.12 bits per heavy atom. The molecule has 3 aromatic rings. The first-order chi connectivity index (χ1) is 19.3. The van der Waals surface area contributed by atoms with Gasteiger partial charge in [-0.3, -0.25) is 9.59 Å². The van der Waals surface area contributed by atoms with Crippen molar-refractivity contribution in [3.05, 3.63) is 77.6 Å². The molecule has 0 bridgehead atoms. The number of aliphatic hydroxyl groups excluding tert-OH is 2. The topological polar surface area (TPSA) is 112 Å². The molecule has 218 valence electrons. The number of aliphatic hydroxyl groups is 2. The minimum absolute atomic E-state index is 0. The van der Waals surface area contributed by atoms with E-state index >= 15 is 0 Å². The van der Waals surface area contributed by atoms with Gasteiger partial charge >= 0.3 is 43.7 Å². The molecule has 1 saturated carbocycles. The summed E-state index contributed by atoms with van der Waals surface area (Å²) in [5, 5.41) is 33.0. The average molecular weight is 589 g/mol. The van der Waals surface area contributed by atoms with E-state index in [0.717, 1.165) is 53.9 Å². The standard InChI is InChI=1S/C33H42N2O5.Ca.2H/c1-22(2)31-30(33(40)34-25-16-10-5-11-17-25)29(23-12-6-3-7-13-23)32(24-14-8-4-9-15-24)35(31)19-18-26(36)20-27(37)21-28(38)39;;;/h3,5-7,10-13,16-17,22,24,26-27,36-37H,4,8-9,14-15,18-21H2,1-2H3,(H,34,40)(H,38,39);;;/t26-,27-;;;/m1.../s1. The Kier molecular flexibility index (Phi) is 12.9. The van der Waals surface area contributed by atoms with E-state index in [-0.39, 0.29) is 61.9 Å². The molecular formula is C33H44CaN2O5. The molecule has 1 fully saturated rings. The summed E-state index contributed by atoms with van der Waals surface area (Å²) in [7, 11) is 0. The molecule has 4 rings (SSSR count). The minimum atomic E-state index is -1.10.